The molecule has 12 heavy (non-hydrogen) atoms. The molecule has 1 saturated carbocycles. The summed E-state index contributed by atoms with van der Waals surface area (Å²) in [5.74, 6) is 0.362. The van der Waals surface area contributed by atoms with E-state index in [-0.39, 0.29) is 17.9 Å². The Balaban J connectivity index is 2.35. The minimum atomic E-state index is 0.175. The van der Waals surface area contributed by atoms with E-state index < -0.39 is 0 Å². The topological polar surface area (TPSA) is 55.1 Å². The van der Waals surface area contributed by atoms with Crippen LogP contribution < -0.4 is 11.1 Å². The average molecular weight is 170 g/mol. The lowest BCUT2D eigenvalue weighted by molar-refractivity contribution is -0.125. The summed E-state index contributed by atoms with van der Waals surface area (Å²) in [6.45, 7) is 2.67. The molecule has 0 aromatic heterocycles. The monoisotopic (exact) mass is 170 g/mol. The third kappa shape index (κ3) is 2.48. The first-order valence-corrected chi connectivity index (χ1v) is 4.77. The van der Waals surface area contributed by atoms with E-state index in [2.05, 4.69) is 5.32 Å². The van der Waals surface area contributed by atoms with Gasteiger partial charge in [-0.2, -0.15) is 0 Å². The summed E-state index contributed by atoms with van der Waals surface area (Å²) in [5, 5.41) is 2.84. The highest BCUT2D eigenvalue weighted by Crippen LogP contribution is 2.22. The van der Waals surface area contributed by atoms with Crippen LogP contribution in [0.5, 0.6) is 0 Å². The zero-order valence-electron chi connectivity index (χ0n) is 7.68. The lowest BCUT2D eigenvalue weighted by Gasteiger charge is -2.25. The molecule has 3 N–H and O–H groups in total. The normalized spacial score (nSPS) is 29.8. The van der Waals surface area contributed by atoms with Crippen molar-refractivity contribution in [3.8, 4) is 0 Å². The first-order valence-electron chi connectivity index (χ1n) is 4.77. The molecule has 2 atom stereocenters. The highest BCUT2D eigenvalue weighted by molar-refractivity contribution is 5.78. The van der Waals surface area contributed by atoms with Gasteiger partial charge in [0.15, 0.2) is 0 Å². The number of hydrogen-bond donors (Lipinski definition) is 2. The summed E-state index contributed by atoms with van der Waals surface area (Å²) in [5.41, 5.74) is 5.78. The molecule has 3 nitrogen and oxygen atoms in total. The summed E-state index contributed by atoms with van der Waals surface area (Å²) in [6.07, 6.45) is 4.06. The molecule has 70 valence electrons. The van der Waals surface area contributed by atoms with E-state index in [0.29, 0.717) is 0 Å². The van der Waals surface area contributed by atoms with Crippen molar-refractivity contribution in [1.82, 2.24) is 5.32 Å². The van der Waals surface area contributed by atoms with Crippen molar-refractivity contribution in [3.63, 3.8) is 0 Å². The molecule has 2 unspecified atom stereocenters. The molecule has 0 heterocycles. The van der Waals surface area contributed by atoms with Crippen molar-refractivity contribution in [2.75, 3.05) is 6.54 Å². The van der Waals surface area contributed by atoms with E-state index in [1.54, 1.807) is 0 Å². The van der Waals surface area contributed by atoms with Gasteiger partial charge in [-0.3, -0.25) is 4.79 Å². The van der Waals surface area contributed by atoms with E-state index in [0.717, 1.165) is 32.2 Å². The van der Waals surface area contributed by atoms with Gasteiger partial charge >= 0.3 is 0 Å². The molecule has 1 fully saturated rings. The van der Waals surface area contributed by atoms with Gasteiger partial charge in [0.05, 0.1) is 0 Å². The second-order valence-electron chi connectivity index (χ2n) is 3.52. The van der Waals surface area contributed by atoms with Gasteiger partial charge in [0.25, 0.3) is 0 Å². The lowest BCUT2D eigenvalue weighted by Crippen LogP contribution is -2.37. The Hall–Kier alpha value is -0.570. The molecule has 0 aliphatic heterocycles. The minimum Gasteiger partial charge on any atom is -0.356 e. The maximum absolute atomic E-state index is 11.4. The lowest BCUT2D eigenvalue weighted by atomic mass is 9.85. The Morgan fingerprint density at radius 3 is 2.92 bits per heavy atom. The molecule has 0 aromatic rings. The predicted octanol–water partition coefficient (Wildman–Crippen LogP) is 0.640. The largest absolute Gasteiger partial charge is 0.356 e. The fraction of sp³-hybridized carbons (Fsp3) is 0.889. The van der Waals surface area contributed by atoms with Gasteiger partial charge in [-0.1, -0.05) is 6.42 Å². The highest BCUT2D eigenvalue weighted by atomic mass is 16.1. The van der Waals surface area contributed by atoms with Crippen LogP contribution in [-0.4, -0.2) is 18.5 Å². The smallest absolute Gasteiger partial charge is 0.223 e. The number of rotatable bonds is 2. The zero-order valence-corrected chi connectivity index (χ0v) is 7.68. The van der Waals surface area contributed by atoms with Crippen molar-refractivity contribution in [3.05, 3.63) is 0 Å². The molecule has 1 rings (SSSR count). The Morgan fingerprint density at radius 1 is 1.58 bits per heavy atom. The SMILES string of the molecule is CCNC(=O)C1CCCC(N)C1. The molecule has 1 aliphatic rings. The molecule has 1 aliphatic carbocycles. The first-order chi connectivity index (χ1) is 5.74. The molecular formula is C9H18N2O. The third-order valence-electron chi connectivity index (χ3n) is 2.44. The molecule has 0 spiro atoms. The number of carbonyl (C=O) groups is 1. The van der Waals surface area contributed by atoms with Crippen LogP contribution in [0.1, 0.15) is 32.6 Å². The van der Waals surface area contributed by atoms with E-state index in [1.807, 2.05) is 6.92 Å². The van der Waals surface area contributed by atoms with Crippen molar-refractivity contribution < 1.29 is 4.79 Å². The predicted molar refractivity (Wildman–Crippen MR) is 48.6 cm³/mol. The van der Waals surface area contributed by atoms with E-state index in [9.17, 15) is 4.79 Å². The van der Waals surface area contributed by atoms with Crippen LogP contribution in [0.4, 0.5) is 0 Å². The van der Waals surface area contributed by atoms with Gasteiger partial charge < -0.3 is 11.1 Å². The van der Waals surface area contributed by atoms with Crippen LogP contribution in [-0.2, 0) is 4.79 Å². The van der Waals surface area contributed by atoms with Gasteiger partial charge in [-0.15, -0.1) is 0 Å². The second-order valence-corrected chi connectivity index (χ2v) is 3.52. The molecule has 0 saturated heterocycles. The Labute approximate surface area is 73.7 Å². The Bertz CT molecular complexity index is 159. The van der Waals surface area contributed by atoms with Crippen molar-refractivity contribution in [2.45, 2.75) is 38.6 Å². The van der Waals surface area contributed by atoms with Gasteiger partial charge in [0.2, 0.25) is 5.91 Å². The minimum absolute atomic E-state index is 0.175. The summed E-state index contributed by atoms with van der Waals surface area (Å²) < 4.78 is 0. The number of hydrogen-bond acceptors (Lipinski definition) is 2. The van der Waals surface area contributed by atoms with Crippen molar-refractivity contribution in [2.24, 2.45) is 11.7 Å². The van der Waals surface area contributed by atoms with E-state index in [4.69, 9.17) is 5.73 Å². The fourth-order valence-corrected chi connectivity index (χ4v) is 1.78. The second kappa shape index (κ2) is 4.45. The van der Waals surface area contributed by atoms with E-state index >= 15 is 0 Å². The zero-order chi connectivity index (χ0) is 8.97. The van der Waals surface area contributed by atoms with Crippen molar-refractivity contribution in [1.29, 1.82) is 0 Å². The average Bonchev–Trinajstić information content (AvgIpc) is 2.05. The summed E-state index contributed by atoms with van der Waals surface area (Å²) in [6, 6.07) is 0.242. The van der Waals surface area contributed by atoms with Crippen LogP contribution in [0.25, 0.3) is 0 Å². The van der Waals surface area contributed by atoms with Crippen LogP contribution >= 0.6 is 0 Å². The molecule has 0 aromatic carbocycles. The van der Waals surface area contributed by atoms with Crippen LogP contribution in [0.2, 0.25) is 0 Å². The maximum Gasteiger partial charge on any atom is 0.223 e. The number of nitrogens with one attached hydrogen (secondary N) is 1. The van der Waals surface area contributed by atoms with E-state index in [1.165, 1.54) is 0 Å². The van der Waals surface area contributed by atoms with Gasteiger partial charge in [0.1, 0.15) is 0 Å². The molecular weight excluding hydrogens is 152 g/mol. The summed E-state index contributed by atoms with van der Waals surface area (Å²) >= 11 is 0. The van der Waals surface area contributed by atoms with Gasteiger partial charge in [0, 0.05) is 18.5 Å². The molecule has 0 radical (unpaired) electrons. The molecule has 0 bridgehead atoms. The number of carbonyl (C=O) groups excluding carboxylic acids is 1. The van der Waals surface area contributed by atoms with Crippen LogP contribution in [0, 0.1) is 5.92 Å². The number of amides is 1. The quantitative estimate of drug-likeness (QED) is 0.639. The van der Waals surface area contributed by atoms with Crippen LogP contribution in [0.3, 0.4) is 0 Å². The van der Waals surface area contributed by atoms with Crippen molar-refractivity contribution >= 4 is 5.91 Å². The third-order valence-corrected chi connectivity index (χ3v) is 2.44. The first kappa shape index (κ1) is 9.52. The summed E-state index contributed by atoms with van der Waals surface area (Å²) in [4.78, 5) is 11.4. The molecule has 3 heteroatoms. The maximum atomic E-state index is 11.4. The Morgan fingerprint density at radius 2 is 2.33 bits per heavy atom. The van der Waals surface area contributed by atoms with Gasteiger partial charge in [-0.25, -0.2) is 0 Å². The Kier molecular flexibility index (Phi) is 3.53. The van der Waals surface area contributed by atoms with Crippen LogP contribution in [0.15, 0.2) is 0 Å². The van der Waals surface area contributed by atoms with Gasteiger partial charge in [-0.05, 0) is 26.2 Å². The number of nitrogens with two attached hydrogens (primary N) is 1. The molecule has 1 amide bonds. The summed E-state index contributed by atoms with van der Waals surface area (Å²) in [7, 11) is 0. The highest BCUT2D eigenvalue weighted by Gasteiger charge is 2.24. The fourth-order valence-electron chi connectivity index (χ4n) is 1.78. The standard InChI is InChI=1S/C9H18N2O/c1-2-11-9(12)7-4-3-5-8(10)6-7/h7-8H,2-6,10H2,1H3,(H,11,12).